The molecule has 0 radical (unpaired) electrons. The molecule has 0 aliphatic heterocycles. The van der Waals surface area contributed by atoms with E-state index in [-0.39, 0.29) is 17.9 Å². The van der Waals surface area contributed by atoms with Crippen LogP contribution in [0.5, 0.6) is 0 Å². The van der Waals surface area contributed by atoms with Crippen LogP contribution in [0.4, 0.5) is 5.69 Å². The van der Waals surface area contributed by atoms with Gasteiger partial charge >= 0.3 is 5.97 Å². The van der Waals surface area contributed by atoms with Gasteiger partial charge in [0, 0.05) is 0 Å². The number of nitrogens with one attached hydrogen (secondary N) is 1. The SMILES string of the molecule is CCOC(=O)C(Nc1ccccc1Cl)C(CC)CC. The quantitative estimate of drug-likeness (QED) is 0.765. The molecule has 1 aromatic rings. The summed E-state index contributed by atoms with van der Waals surface area (Å²) in [5.41, 5.74) is 0.772. The van der Waals surface area contributed by atoms with Crippen molar-refractivity contribution in [3.05, 3.63) is 29.3 Å². The van der Waals surface area contributed by atoms with Crippen LogP contribution in [0.1, 0.15) is 33.6 Å². The minimum Gasteiger partial charge on any atom is -0.464 e. The lowest BCUT2D eigenvalue weighted by Crippen LogP contribution is -2.38. The third kappa shape index (κ3) is 4.43. The molecule has 1 unspecified atom stereocenters. The van der Waals surface area contributed by atoms with E-state index < -0.39 is 0 Å². The summed E-state index contributed by atoms with van der Waals surface area (Å²) in [6.07, 6.45) is 1.83. The molecule has 3 nitrogen and oxygen atoms in total. The molecule has 1 aromatic carbocycles. The second-order valence-corrected chi connectivity index (χ2v) is 4.84. The third-order valence-electron chi connectivity index (χ3n) is 3.25. The summed E-state index contributed by atoms with van der Waals surface area (Å²) in [6, 6.07) is 7.08. The Morgan fingerprint density at radius 1 is 1.26 bits per heavy atom. The Kier molecular flexibility index (Phi) is 6.71. The highest BCUT2D eigenvalue weighted by atomic mass is 35.5. The van der Waals surface area contributed by atoms with E-state index in [1.165, 1.54) is 0 Å². The van der Waals surface area contributed by atoms with Gasteiger partial charge in [0.2, 0.25) is 0 Å². The first-order valence-electron chi connectivity index (χ1n) is 6.81. The number of halogens is 1. The molecule has 0 aromatic heterocycles. The molecule has 0 saturated heterocycles. The van der Waals surface area contributed by atoms with Crippen molar-refractivity contribution in [3.8, 4) is 0 Å². The number of carbonyl (C=O) groups excluding carboxylic acids is 1. The van der Waals surface area contributed by atoms with Gasteiger partial charge in [0.05, 0.1) is 17.3 Å². The van der Waals surface area contributed by atoms with Crippen LogP contribution in [-0.4, -0.2) is 18.6 Å². The van der Waals surface area contributed by atoms with Gasteiger partial charge in [0.1, 0.15) is 6.04 Å². The summed E-state index contributed by atoms with van der Waals surface area (Å²) < 4.78 is 5.16. The molecule has 1 rings (SSSR count). The Labute approximate surface area is 120 Å². The van der Waals surface area contributed by atoms with Crippen LogP contribution in [0.15, 0.2) is 24.3 Å². The summed E-state index contributed by atoms with van der Waals surface area (Å²) in [4.78, 5) is 12.1. The standard InChI is InChI=1S/C15H22ClNO2/c1-4-11(5-2)14(15(18)19-6-3)17-13-10-8-7-9-12(13)16/h7-11,14,17H,4-6H2,1-3H3. The van der Waals surface area contributed by atoms with E-state index in [0.29, 0.717) is 11.6 Å². The van der Waals surface area contributed by atoms with Crippen LogP contribution in [-0.2, 0) is 9.53 Å². The van der Waals surface area contributed by atoms with E-state index in [1.807, 2.05) is 25.1 Å². The molecule has 0 saturated carbocycles. The molecule has 0 amide bonds. The topological polar surface area (TPSA) is 38.3 Å². The van der Waals surface area contributed by atoms with E-state index >= 15 is 0 Å². The van der Waals surface area contributed by atoms with Crippen molar-refractivity contribution in [2.75, 3.05) is 11.9 Å². The molecule has 0 fully saturated rings. The van der Waals surface area contributed by atoms with Crippen molar-refractivity contribution in [1.29, 1.82) is 0 Å². The van der Waals surface area contributed by atoms with E-state index in [2.05, 4.69) is 19.2 Å². The Bertz CT molecular complexity index is 405. The summed E-state index contributed by atoms with van der Waals surface area (Å²) in [6.45, 7) is 6.36. The number of para-hydroxylation sites is 1. The summed E-state index contributed by atoms with van der Waals surface area (Å²) in [5.74, 6) is 0.0199. The number of benzene rings is 1. The van der Waals surface area contributed by atoms with E-state index in [9.17, 15) is 4.79 Å². The molecule has 1 N–H and O–H groups in total. The number of hydrogen-bond donors (Lipinski definition) is 1. The molecular formula is C15H22ClNO2. The van der Waals surface area contributed by atoms with E-state index in [1.54, 1.807) is 6.07 Å². The number of carbonyl (C=O) groups is 1. The average Bonchev–Trinajstić information content (AvgIpc) is 2.41. The number of anilines is 1. The zero-order chi connectivity index (χ0) is 14.3. The number of hydrogen-bond acceptors (Lipinski definition) is 3. The minimum atomic E-state index is -0.352. The van der Waals surface area contributed by atoms with Gasteiger partial charge in [0.25, 0.3) is 0 Å². The lowest BCUT2D eigenvalue weighted by molar-refractivity contribution is -0.145. The Morgan fingerprint density at radius 2 is 1.89 bits per heavy atom. The molecule has 4 heteroatoms. The molecular weight excluding hydrogens is 262 g/mol. The first kappa shape index (κ1) is 15.8. The molecule has 106 valence electrons. The summed E-state index contributed by atoms with van der Waals surface area (Å²) in [5, 5.41) is 3.84. The molecule has 0 bridgehead atoms. The van der Waals surface area contributed by atoms with Crippen molar-refractivity contribution in [1.82, 2.24) is 0 Å². The van der Waals surface area contributed by atoms with Gasteiger partial charge in [-0.3, -0.25) is 0 Å². The van der Waals surface area contributed by atoms with Gasteiger partial charge in [-0.15, -0.1) is 0 Å². The van der Waals surface area contributed by atoms with E-state index in [0.717, 1.165) is 18.5 Å². The Morgan fingerprint density at radius 3 is 2.42 bits per heavy atom. The predicted octanol–water partition coefficient (Wildman–Crippen LogP) is 4.12. The van der Waals surface area contributed by atoms with Gasteiger partial charge in [-0.25, -0.2) is 4.79 Å². The number of rotatable bonds is 7. The zero-order valence-corrected chi connectivity index (χ0v) is 12.5. The second kappa shape index (κ2) is 8.05. The number of esters is 1. The monoisotopic (exact) mass is 283 g/mol. The van der Waals surface area contributed by atoms with Crippen molar-refractivity contribution in [2.45, 2.75) is 39.7 Å². The van der Waals surface area contributed by atoms with Crippen molar-refractivity contribution in [3.63, 3.8) is 0 Å². The van der Waals surface area contributed by atoms with Gasteiger partial charge < -0.3 is 10.1 Å². The summed E-state index contributed by atoms with van der Waals surface area (Å²) in [7, 11) is 0. The lowest BCUT2D eigenvalue weighted by Gasteiger charge is -2.25. The van der Waals surface area contributed by atoms with Crippen LogP contribution < -0.4 is 5.32 Å². The molecule has 0 aliphatic rings. The Hall–Kier alpha value is -1.22. The first-order valence-corrected chi connectivity index (χ1v) is 7.19. The maximum absolute atomic E-state index is 12.1. The van der Waals surface area contributed by atoms with Crippen molar-refractivity contribution in [2.24, 2.45) is 5.92 Å². The average molecular weight is 284 g/mol. The van der Waals surface area contributed by atoms with Gasteiger partial charge in [-0.1, -0.05) is 50.4 Å². The largest absolute Gasteiger partial charge is 0.464 e. The van der Waals surface area contributed by atoms with Crippen LogP contribution >= 0.6 is 11.6 Å². The fourth-order valence-corrected chi connectivity index (χ4v) is 2.30. The third-order valence-corrected chi connectivity index (χ3v) is 3.58. The number of ether oxygens (including phenoxy) is 1. The van der Waals surface area contributed by atoms with E-state index in [4.69, 9.17) is 16.3 Å². The first-order chi connectivity index (χ1) is 9.13. The highest BCUT2D eigenvalue weighted by molar-refractivity contribution is 6.33. The minimum absolute atomic E-state index is 0.212. The zero-order valence-electron chi connectivity index (χ0n) is 11.8. The van der Waals surface area contributed by atoms with Crippen LogP contribution in [0.25, 0.3) is 0 Å². The smallest absolute Gasteiger partial charge is 0.328 e. The molecule has 1 atom stereocenters. The fraction of sp³-hybridized carbons (Fsp3) is 0.533. The predicted molar refractivity (Wildman–Crippen MR) is 79.6 cm³/mol. The fourth-order valence-electron chi connectivity index (χ4n) is 2.11. The van der Waals surface area contributed by atoms with Gasteiger partial charge in [-0.2, -0.15) is 0 Å². The van der Waals surface area contributed by atoms with Gasteiger partial charge in [0.15, 0.2) is 0 Å². The Balaban J connectivity index is 2.91. The highest BCUT2D eigenvalue weighted by Crippen LogP contribution is 2.25. The normalized spacial score (nSPS) is 12.3. The molecule has 19 heavy (non-hydrogen) atoms. The van der Waals surface area contributed by atoms with Gasteiger partial charge in [-0.05, 0) is 25.0 Å². The van der Waals surface area contributed by atoms with Crippen molar-refractivity contribution < 1.29 is 9.53 Å². The maximum atomic E-state index is 12.1. The maximum Gasteiger partial charge on any atom is 0.328 e. The highest BCUT2D eigenvalue weighted by Gasteiger charge is 2.27. The second-order valence-electron chi connectivity index (χ2n) is 4.43. The molecule has 0 aliphatic carbocycles. The molecule has 0 spiro atoms. The molecule has 0 heterocycles. The van der Waals surface area contributed by atoms with Crippen LogP contribution in [0.2, 0.25) is 5.02 Å². The van der Waals surface area contributed by atoms with Crippen LogP contribution in [0.3, 0.4) is 0 Å². The summed E-state index contributed by atoms with van der Waals surface area (Å²) >= 11 is 6.13. The lowest BCUT2D eigenvalue weighted by atomic mass is 9.94. The van der Waals surface area contributed by atoms with Crippen LogP contribution in [0, 0.1) is 5.92 Å². The van der Waals surface area contributed by atoms with Crippen molar-refractivity contribution >= 4 is 23.3 Å².